The summed E-state index contributed by atoms with van der Waals surface area (Å²) in [7, 11) is -3.51. The Labute approximate surface area is 131 Å². The Morgan fingerprint density at radius 3 is 2.55 bits per heavy atom. The summed E-state index contributed by atoms with van der Waals surface area (Å²) in [5, 5.41) is 2.67. The summed E-state index contributed by atoms with van der Waals surface area (Å²) in [6, 6.07) is 4.70. The van der Waals surface area contributed by atoms with E-state index >= 15 is 0 Å². The molecule has 1 saturated heterocycles. The van der Waals surface area contributed by atoms with Gasteiger partial charge in [0.1, 0.15) is 0 Å². The minimum absolute atomic E-state index is 0.178. The number of hydrogen-bond donors (Lipinski definition) is 2. The van der Waals surface area contributed by atoms with Crippen LogP contribution in [-0.2, 0) is 14.8 Å². The van der Waals surface area contributed by atoms with E-state index in [2.05, 4.69) is 14.9 Å². The second-order valence-electron chi connectivity index (χ2n) is 5.60. The zero-order valence-corrected chi connectivity index (χ0v) is 13.9. The lowest BCUT2D eigenvalue weighted by Gasteiger charge is -2.15. The minimum Gasteiger partial charge on any atom is -0.326 e. The molecular formula is C15H23N3O3S. The van der Waals surface area contributed by atoms with Crippen LogP contribution in [-0.4, -0.2) is 45.4 Å². The van der Waals surface area contributed by atoms with Crippen molar-refractivity contribution in [3.63, 3.8) is 0 Å². The molecule has 1 aliphatic heterocycles. The molecule has 7 heteroatoms. The zero-order chi connectivity index (χ0) is 16.2. The Kier molecular flexibility index (Phi) is 5.55. The second kappa shape index (κ2) is 7.21. The van der Waals surface area contributed by atoms with Crippen LogP contribution in [0.5, 0.6) is 0 Å². The van der Waals surface area contributed by atoms with E-state index in [-0.39, 0.29) is 10.8 Å². The highest BCUT2D eigenvalue weighted by Crippen LogP contribution is 2.19. The number of nitrogens with one attached hydrogen (secondary N) is 2. The van der Waals surface area contributed by atoms with E-state index in [1.54, 1.807) is 19.1 Å². The van der Waals surface area contributed by atoms with E-state index in [0.29, 0.717) is 12.2 Å². The summed E-state index contributed by atoms with van der Waals surface area (Å²) in [4.78, 5) is 13.5. The predicted octanol–water partition coefficient (Wildman–Crippen LogP) is 1.33. The van der Waals surface area contributed by atoms with Crippen molar-refractivity contribution in [3.8, 4) is 0 Å². The van der Waals surface area contributed by atoms with Gasteiger partial charge in [0.25, 0.3) is 0 Å². The van der Waals surface area contributed by atoms with Gasteiger partial charge in [-0.15, -0.1) is 0 Å². The Morgan fingerprint density at radius 1 is 1.27 bits per heavy atom. The molecule has 6 nitrogen and oxygen atoms in total. The first-order chi connectivity index (χ1) is 10.4. The van der Waals surface area contributed by atoms with E-state index in [0.717, 1.165) is 25.2 Å². The second-order valence-corrected chi connectivity index (χ2v) is 7.37. The first-order valence-corrected chi connectivity index (χ1v) is 8.97. The number of carbonyl (C=O) groups excluding carboxylic acids is 1. The summed E-state index contributed by atoms with van der Waals surface area (Å²) < 4.78 is 27.2. The Balaban J connectivity index is 1.99. The molecule has 122 valence electrons. The molecular weight excluding hydrogens is 302 g/mol. The molecule has 0 saturated carbocycles. The standard InChI is InChI=1S/C15H23N3O3S/c1-12-11-14(5-6-15(12)17-13(2)19)22(20,21)16-7-10-18-8-3-4-9-18/h5-6,11,16H,3-4,7-10H2,1-2H3,(H,17,19). The van der Waals surface area contributed by atoms with Gasteiger partial charge in [-0.1, -0.05) is 0 Å². The molecule has 0 unspecified atom stereocenters. The highest BCUT2D eigenvalue weighted by Gasteiger charge is 2.16. The number of benzene rings is 1. The lowest BCUT2D eigenvalue weighted by atomic mass is 10.2. The SMILES string of the molecule is CC(=O)Nc1ccc(S(=O)(=O)NCCN2CCCC2)cc1C. The average Bonchev–Trinajstić information content (AvgIpc) is 2.93. The molecule has 0 spiro atoms. The van der Waals surface area contributed by atoms with Gasteiger partial charge >= 0.3 is 0 Å². The van der Waals surface area contributed by atoms with Gasteiger partial charge in [0.15, 0.2) is 0 Å². The zero-order valence-electron chi connectivity index (χ0n) is 13.1. The van der Waals surface area contributed by atoms with Crippen LogP contribution in [0.2, 0.25) is 0 Å². The smallest absolute Gasteiger partial charge is 0.240 e. The molecule has 0 aromatic heterocycles. The van der Waals surface area contributed by atoms with Crippen LogP contribution in [0, 0.1) is 6.92 Å². The molecule has 0 aliphatic carbocycles. The number of hydrogen-bond acceptors (Lipinski definition) is 4. The number of anilines is 1. The molecule has 1 fully saturated rings. The van der Waals surface area contributed by atoms with Crippen molar-refractivity contribution >= 4 is 21.6 Å². The Morgan fingerprint density at radius 2 is 1.95 bits per heavy atom. The Bertz CT molecular complexity index is 637. The van der Waals surface area contributed by atoms with Gasteiger partial charge in [0, 0.05) is 25.7 Å². The van der Waals surface area contributed by atoms with Crippen molar-refractivity contribution in [2.75, 3.05) is 31.5 Å². The van der Waals surface area contributed by atoms with Crippen molar-refractivity contribution in [2.45, 2.75) is 31.6 Å². The third kappa shape index (κ3) is 4.53. The van der Waals surface area contributed by atoms with Gasteiger partial charge in [0.05, 0.1) is 4.90 Å². The highest BCUT2D eigenvalue weighted by atomic mass is 32.2. The van der Waals surface area contributed by atoms with E-state index < -0.39 is 10.0 Å². The van der Waals surface area contributed by atoms with Crippen molar-refractivity contribution in [1.29, 1.82) is 0 Å². The van der Waals surface area contributed by atoms with E-state index in [4.69, 9.17) is 0 Å². The van der Waals surface area contributed by atoms with Gasteiger partial charge in [-0.3, -0.25) is 4.79 Å². The maximum absolute atomic E-state index is 12.3. The lowest BCUT2D eigenvalue weighted by molar-refractivity contribution is -0.114. The van der Waals surface area contributed by atoms with Crippen molar-refractivity contribution in [3.05, 3.63) is 23.8 Å². The first kappa shape index (κ1) is 16.9. The van der Waals surface area contributed by atoms with E-state index in [1.165, 1.54) is 25.8 Å². The van der Waals surface area contributed by atoms with Gasteiger partial charge in [-0.2, -0.15) is 0 Å². The van der Waals surface area contributed by atoms with E-state index in [9.17, 15) is 13.2 Å². The summed E-state index contributed by atoms with van der Waals surface area (Å²) in [6.45, 7) is 6.44. The summed E-state index contributed by atoms with van der Waals surface area (Å²) in [5.41, 5.74) is 1.35. The van der Waals surface area contributed by atoms with Crippen LogP contribution in [0.4, 0.5) is 5.69 Å². The molecule has 0 radical (unpaired) electrons. The molecule has 1 aromatic carbocycles. The maximum Gasteiger partial charge on any atom is 0.240 e. The monoisotopic (exact) mass is 325 g/mol. The number of amides is 1. The fourth-order valence-electron chi connectivity index (χ4n) is 2.56. The van der Waals surface area contributed by atoms with Gasteiger partial charge < -0.3 is 10.2 Å². The van der Waals surface area contributed by atoms with E-state index in [1.807, 2.05) is 0 Å². The van der Waals surface area contributed by atoms with Gasteiger partial charge in [-0.25, -0.2) is 13.1 Å². The quantitative estimate of drug-likeness (QED) is 0.827. The number of likely N-dealkylation sites (tertiary alicyclic amines) is 1. The first-order valence-electron chi connectivity index (χ1n) is 7.49. The highest BCUT2D eigenvalue weighted by molar-refractivity contribution is 7.89. The third-order valence-electron chi connectivity index (χ3n) is 3.74. The molecule has 0 bridgehead atoms. The summed E-state index contributed by atoms with van der Waals surface area (Å²) >= 11 is 0. The average molecular weight is 325 g/mol. The lowest BCUT2D eigenvalue weighted by Crippen LogP contribution is -2.33. The number of aryl methyl sites for hydroxylation is 1. The molecule has 0 atom stereocenters. The maximum atomic E-state index is 12.3. The normalized spacial score (nSPS) is 15.9. The predicted molar refractivity (Wildman–Crippen MR) is 86.3 cm³/mol. The van der Waals surface area contributed by atoms with Gasteiger partial charge in [0.2, 0.25) is 15.9 Å². The molecule has 1 heterocycles. The third-order valence-corrected chi connectivity index (χ3v) is 5.20. The molecule has 22 heavy (non-hydrogen) atoms. The van der Waals surface area contributed by atoms with Crippen LogP contribution in [0.3, 0.4) is 0 Å². The van der Waals surface area contributed by atoms with Crippen molar-refractivity contribution in [2.24, 2.45) is 0 Å². The number of nitrogens with zero attached hydrogens (tertiary/aromatic N) is 1. The number of carbonyl (C=O) groups is 1. The summed E-state index contributed by atoms with van der Waals surface area (Å²) in [6.07, 6.45) is 2.38. The largest absolute Gasteiger partial charge is 0.326 e. The topological polar surface area (TPSA) is 78.5 Å². The van der Waals surface area contributed by atoms with Crippen LogP contribution in [0.25, 0.3) is 0 Å². The summed E-state index contributed by atoms with van der Waals surface area (Å²) in [5.74, 6) is -0.178. The van der Waals surface area contributed by atoms with Crippen molar-refractivity contribution in [1.82, 2.24) is 9.62 Å². The molecule has 1 aliphatic rings. The molecule has 2 rings (SSSR count). The number of sulfonamides is 1. The molecule has 1 aromatic rings. The number of rotatable bonds is 6. The minimum atomic E-state index is -3.51. The molecule has 2 N–H and O–H groups in total. The van der Waals surface area contributed by atoms with Gasteiger partial charge in [-0.05, 0) is 56.6 Å². The molecule has 1 amide bonds. The fraction of sp³-hybridized carbons (Fsp3) is 0.533. The van der Waals surface area contributed by atoms with Crippen molar-refractivity contribution < 1.29 is 13.2 Å². The fourth-order valence-corrected chi connectivity index (χ4v) is 3.67. The van der Waals surface area contributed by atoms with Crippen LogP contribution in [0.1, 0.15) is 25.3 Å². The Hall–Kier alpha value is -1.44. The van der Waals surface area contributed by atoms with Crippen LogP contribution in [0.15, 0.2) is 23.1 Å². The van der Waals surface area contributed by atoms with Crippen LogP contribution < -0.4 is 10.0 Å². The van der Waals surface area contributed by atoms with Crippen LogP contribution >= 0.6 is 0 Å².